The highest BCUT2D eigenvalue weighted by Crippen LogP contribution is 2.43. The molecule has 4 N–H and O–H groups in total. The number of fused-ring (bicyclic) bond motifs is 2. The van der Waals surface area contributed by atoms with Crippen molar-refractivity contribution in [3.8, 4) is 5.69 Å². The van der Waals surface area contributed by atoms with Crippen LogP contribution in [0, 0.1) is 0 Å². The van der Waals surface area contributed by atoms with Crippen molar-refractivity contribution in [3.63, 3.8) is 0 Å². The molecule has 2 aromatic heterocycles. The molecular weight excluding hydrogens is 564 g/mol. The zero-order chi connectivity index (χ0) is 27.4. The zero-order valence-electron chi connectivity index (χ0n) is 20.4. The lowest BCUT2D eigenvalue weighted by Gasteiger charge is -2.33. The molecule has 0 fully saturated rings. The fourth-order valence-corrected chi connectivity index (χ4v) is 7.79. The molecule has 4 aromatic rings. The van der Waals surface area contributed by atoms with Crippen LogP contribution >= 0.6 is 35.6 Å². The minimum Gasteiger partial charge on any atom is -0.404 e. The summed E-state index contributed by atoms with van der Waals surface area (Å²) in [5.74, 6) is 0.380. The lowest BCUT2D eigenvalue weighted by molar-refractivity contribution is -0.794. The van der Waals surface area contributed by atoms with Crippen molar-refractivity contribution < 1.29 is 13.0 Å². The molecule has 196 valence electrons. The van der Waals surface area contributed by atoms with Crippen molar-refractivity contribution >= 4 is 67.7 Å². The highest BCUT2D eigenvalue weighted by Gasteiger charge is 2.56. The van der Waals surface area contributed by atoms with Crippen LogP contribution in [0.5, 0.6) is 0 Å². The number of sulfone groups is 1. The van der Waals surface area contributed by atoms with Crippen LogP contribution in [0.25, 0.3) is 22.2 Å². The Hall–Kier alpha value is -3.19. The van der Waals surface area contributed by atoms with Gasteiger partial charge in [0.25, 0.3) is 11.2 Å². The smallest absolute Gasteiger partial charge is 0.357 e. The molecule has 0 amide bonds. The number of hydrogen-bond acceptors (Lipinski definition) is 9. The fraction of sp³-hybridized carbons (Fsp3) is 0.200. The van der Waals surface area contributed by atoms with E-state index in [-0.39, 0.29) is 38.4 Å². The largest absolute Gasteiger partial charge is 0.404 e. The summed E-state index contributed by atoms with van der Waals surface area (Å²) in [5.41, 5.74) is 12.3. The summed E-state index contributed by atoms with van der Waals surface area (Å²) in [4.78, 5) is 23.6. The van der Waals surface area contributed by atoms with Gasteiger partial charge in [-0.3, -0.25) is 9.36 Å². The van der Waals surface area contributed by atoms with E-state index < -0.39 is 20.8 Å². The van der Waals surface area contributed by atoms with E-state index in [4.69, 9.17) is 45.7 Å². The van der Waals surface area contributed by atoms with Crippen molar-refractivity contribution in [2.75, 3.05) is 6.26 Å². The third-order valence-electron chi connectivity index (χ3n) is 6.52. The molecule has 5 rings (SSSR count). The Bertz CT molecular complexity index is 1820. The fourth-order valence-electron chi connectivity index (χ4n) is 4.77. The second-order valence-electron chi connectivity index (χ2n) is 8.79. The Balaban J connectivity index is 1.91. The first kappa shape index (κ1) is 26.4. The van der Waals surface area contributed by atoms with Gasteiger partial charge >= 0.3 is 4.34 Å². The van der Waals surface area contributed by atoms with Crippen LogP contribution in [0.2, 0.25) is 5.02 Å². The Morgan fingerprint density at radius 2 is 1.95 bits per heavy atom. The van der Waals surface area contributed by atoms with Crippen molar-refractivity contribution in [2.24, 2.45) is 16.5 Å². The molecule has 0 radical (unpaired) electrons. The topological polar surface area (TPSA) is 137 Å². The summed E-state index contributed by atoms with van der Waals surface area (Å²) in [6.45, 7) is 1.85. The minimum atomic E-state index is -3.69. The van der Waals surface area contributed by atoms with Gasteiger partial charge in [-0.05, 0) is 24.3 Å². The maximum atomic E-state index is 14.0. The number of aliphatic imine (C=N–C) groups is 1. The Labute approximate surface area is 233 Å². The van der Waals surface area contributed by atoms with E-state index >= 15 is 0 Å². The number of para-hydroxylation sites is 1. The maximum absolute atomic E-state index is 14.0. The molecule has 38 heavy (non-hydrogen) atoms. The predicted molar refractivity (Wildman–Crippen MR) is 154 cm³/mol. The van der Waals surface area contributed by atoms with Crippen molar-refractivity contribution in [1.82, 2.24) is 9.55 Å². The molecule has 0 bridgehead atoms. The molecule has 0 saturated carbocycles. The Kier molecular flexibility index (Phi) is 6.62. The minimum absolute atomic E-state index is 0.0569. The van der Waals surface area contributed by atoms with Crippen LogP contribution < -0.4 is 21.6 Å². The van der Waals surface area contributed by atoms with Gasteiger partial charge < -0.3 is 11.5 Å². The van der Waals surface area contributed by atoms with E-state index in [0.29, 0.717) is 22.5 Å². The average molecular weight is 588 g/mol. The summed E-state index contributed by atoms with van der Waals surface area (Å²) < 4.78 is 28.9. The van der Waals surface area contributed by atoms with Gasteiger partial charge in [0, 0.05) is 12.6 Å². The van der Waals surface area contributed by atoms with Crippen molar-refractivity contribution in [1.29, 1.82) is 0 Å². The van der Waals surface area contributed by atoms with Gasteiger partial charge in [-0.2, -0.15) is 17.6 Å². The summed E-state index contributed by atoms with van der Waals surface area (Å²) in [6, 6.07) is 14.0. The quantitative estimate of drug-likeness (QED) is 0.242. The van der Waals surface area contributed by atoms with E-state index in [1.165, 1.54) is 10.8 Å². The van der Waals surface area contributed by atoms with Crippen LogP contribution in [0.4, 0.5) is 0 Å². The maximum Gasteiger partial charge on any atom is 0.357 e. The SMILES string of the molecule is CCC1(C(S)c2nc3cccc(Cl)c3c(=O)n2-c2ccccc2)N=C(N)C(=CN)c2csc(S(C)(=O)=O)[n+]21. The van der Waals surface area contributed by atoms with E-state index in [1.807, 2.05) is 13.0 Å². The third kappa shape index (κ3) is 3.94. The molecule has 2 aromatic carbocycles. The van der Waals surface area contributed by atoms with Crippen LogP contribution in [0.3, 0.4) is 0 Å². The molecule has 2 unspecified atom stereocenters. The van der Waals surface area contributed by atoms with E-state index in [0.717, 1.165) is 17.6 Å². The first-order valence-electron chi connectivity index (χ1n) is 11.5. The van der Waals surface area contributed by atoms with Gasteiger partial charge in [-0.1, -0.05) is 54.1 Å². The number of halogens is 1. The van der Waals surface area contributed by atoms with E-state index in [9.17, 15) is 13.2 Å². The third-order valence-corrected chi connectivity index (χ3v) is 10.2. The molecule has 9 nitrogen and oxygen atoms in total. The van der Waals surface area contributed by atoms with E-state index in [2.05, 4.69) is 0 Å². The summed E-state index contributed by atoms with van der Waals surface area (Å²) in [7, 11) is -3.69. The van der Waals surface area contributed by atoms with Gasteiger partial charge in [0.2, 0.25) is 15.5 Å². The molecule has 1 aliphatic rings. The van der Waals surface area contributed by atoms with Gasteiger partial charge in [0.05, 0.1) is 33.2 Å². The van der Waals surface area contributed by atoms with Gasteiger partial charge in [0.1, 0.15) is 22.5 Å². The zero-order valence-corrected chi connectivity index (χ0v) is 23.7. The van der Waals surface area contributed by atoms with Crippen LogP contribution in [0.1, 0.15) is 30.1 Å². The molecule has 1 aliphatic heterocycles. The number of benzene rings is 2. The Morgan fingerprint density at radius 1 is 1.24 bits per heavy atom. The number of thiol groups is 1. The number of aromatic nitrogens is 3. The molecule has 3 heterocycles. The lowest BCUT2D eigenvalue weighted by atomic mass is 9.96. The lowest BCUT2D eigenvalue weighted by Crippen LogP contribution is -2.64. The van der Waals surface area contributed by atoms with Crippen LogP contribution in [-0.4, -0.2) is 30.1 Å². The normalized spacial score (nSPS) is 19.4. The number of hydrogen-bond donors (Lipinski definition) is 3. The highest BCUT2D eigenvalue weighted by atomic mass is 35.5. The van der Waals surface area contributed by atoms with Gasteiger partial charge in [0.15, 0.2) is 0 Å². The molecular formula is C25H24ClN6O3S3+. The van der Waals surface area contributed by atoms with Gasteiger partial charge in [-0.25, -0.2) is 13.4 Å². The number of amidine groups is 1. The van der Waals surface area contributed by atoms with Crippen molar-refractivity contribution in [2.45, 2.75) is 28.6 Å². The van der Waals surface area contributed by atoms with Crippen LogP contribution in [-0.2, 0) is 15.5 Å². The average Bonchev–Trinajstić information content (AvgIpc) is 3.34. The molecule has 13 heteroatoms. The number of thiazole rings is 1. The number of nitrogens with zero attached hydrogens (tertiary/aromatic N) is 4. The second-order valence-corrected chi connectivity index (χ2v) is 12.8. The molecule has 0 aliphatic carbocycles. The standard InChI is InChI=1S/C25H23ClN6O3S3/c1-3-25(30-21(28)15(12-27)18-13-37-24(32(18)25)38(2,34)35)20(36)22-29-17-11-7-10-16(26)19(17)23(33)31(22)14-8-5-4-6-9-14/h4-13,20H,3,27H2,1-2H3,(H2-,28,30,36)/p+1. The molecule has 2 atom stereocenters. The highest BCUT2D eigenvalue weighted by molar-refractivity contribution is 7.92. The number of rotatable bonds is 5. The summed E-state index contributed by atoms with van der Waals surface area (Å²) in [5, 5.41) is 1.28. The van der Waals surface area contributed by atoms with E-state index in [1.54, 1.807) is 52.4 Å². The summed E-state index contributed by atoms with van der Waals surface area (Å²) >= 11 is 12.5. The number of nitrogens with two attached hydrogens (primary N) is 2. The van der Waals surface area contributed by atoms with Crippen molar-refractivity contribution in [3.05, 3.63) is 87.0 Å². The first-order chi connectivity index (χ1) is 18.0. The first-order valence-corrected chi connectivity index (χ1v) is 15.2. The monoisotopic (exact) mass is 587 g/mol. The second kappa shape index (κ2) is 9.53. The molecule has 0 spiro atoms. The summed E-state index contributed by atoms with van der Waals surface area (Å²) in [6.07, 6.45) is 2.70. The Morgan fingerprint density at radius 3 is 2.58 bits per heavy atom. The predicted octanol–water partition coefficient (Wildman–Crippen LogP) is 3.20. The van der Waals surface area contributed by atoms with Gasteiger partial charge in [-0.15, -0.1) is 4.57 Å². The van der Waals surface area contributed by atoms with Crippen LogP contribution in [0.15, 0.2) is 74.2 Å². The molecule has 0 saturated heterocycles.